The number of nitrogens with zero attached hydrogens (tertiary/aromatic N) is 3. The number of piperidine rings is 1. The van der Waals surface area contributed by atoms with E-state index >= 15 is 0 Å². The molecule has 1 saturated heterocycles. The molecule has 2 aromatic rings. The monoisotopic (exact) mass is 318 g/mol. The maximum absolute atomic E-state index is 12.4. The summed E-state index contributed by atoms with van der Waals surface area (Å²) in [6.07, 6.45) is 3.79. The Hall–Kier alpha value is -2.02. The number of carbonyl (C=O) groups excluding carboxylic acids is 1. The van der Waals surface area contributed by atoms with Crippen molar-refractivity contribution in [1.29, 1.82) is 0 Å². The van der Waals surface area contributed by atoms with Crippen LogP contribution in [0.1, 0.15) is 35.2 Å². The summed E-state index contributed by atoms with van der Waals surface area (Å²) < 4.78 is 0. The second-order valence-corrected chi connectivity index (χ2v) is 6.61. The predicted octanol–water partition coefficient (Wildman–Crippen LogP) is 1.48. The van der Waals surface area contributed by atoms with Gasteiger partial charge in [0, 0.05) is 36.3 Å². The van der Waals surface area contributed by atoms with Gasteiger partial charge < -0.3 is 9.88 Å². The van der Waals surface area contributed by atoms with Gasteiger partial charge >= 0.3 is 5.69 Å². The summed E-state index contributed by atoms with van der Waals surface area (Å²) in [5.41, 5.74) is 1.37. The molecule has 3 rings (SSSR count). The lowest BCUT2D eigenvalue weighted by Crippen LogP contribution is -2.40. The molecule has 0 aliphatic carbocycles. The minimum atomic E-state index is -0.334. The molecule has 1 fully saturated rings. The van der Waals surface area contributed by atoms with E-state index in [0.717, 1.165) is 35.8 Å². The maximum Gasteiger partial charge on any atom is 0.345 e. The number of aromatic nitrogens is 3. The fraction of sp³-hybridized carbons (Fsp3) is 0.467. The molecule has 116 valence electrons. The van der Waals surface area contributed by atoms with E-state index in [-0.39, 0.29) is 17.5 Å². The molecule has 1 atom stereocenters. The highest BCUT2D eigenvalue weighted by molar-refractivity contribution is 7.09. The van der Waals surface area contributed by atoms with Crippen molar-refractivity contribution in [3.63, 3.8) is 0 Å². The smallest absolute Gasteiger partial charge is 0.342 e. The minimum Gasteiger partial charge on any atom is -0.342 e. The number of aromatic amines is 1. The van der Waals surface area contributed by atoms with Crippen molar-refractivity contribution in [3.05, 3.63) is 44.5 Å². The number of thiazole rings is 1. The molecule has 1 aliphatic rings. The van der Waals surface area contributed by atoms with E-state index in [1.54, 1.807) is 11.3 Å². The number of hydrogen-bond acceptors (Lipinski definition) is 5. The Bertz CT molecular complexity index is 724. The molecule has 1 amide bonds. The molecule has 0 spiro atoms. The summed E-state index contributed by atoms with van der Waals surface area (Å²) in [6.45, 7) is 3.35. The second kappa shape index (κ2) is 6.39. The molecule has 0 bridgehead atoms. The van der Waals surface area contributed by atoms with E-state index in [1.807, 2.05) is 23.3 Å². The molecule has 1 unspecified atom stereocenters. The summed E-state index contributed by atoms with van der Waals surface area (Å²) in [5.74, 6) is 0.275. The van der Waals surface area contributed by atoms with Gasteiger partial charge in [0.05, 0.1) is 17.1 Å². The van der Waals surface area contributed by atoms with Crippen molar-refractivity contribution in [2.75, 3.05) is 13.1 Å². The van der Waals surface area contributed by atoms with E-state index in [0.29, 0.717) is 13.0 Å². The zero-order valence-electron chi connectivity index (χ0n) is 12.4. The van der Waals surface area contributed by atoms with E-state index in [9.17, 15) is 9.59 Å². The highest BCUT2D eigenvalue weighted by Gasteiger charge is 2.25. The quantitative estimate of drug-likeness (QED) is 0.930. The van der Waals surface area contributed by atoms with Crippen LogP contribution in [0.5, 0.6) is 0 Å². The third-order valence-electron chi connectivity index (χ3n) is 3.91. The Morgan fingerprint density at radius 1 is 1.55 bits per heavy atom. The van der Waals surface area contributed by atoms with Crippen molar-refractivity contribution in [1.82, 2.24) is 19.9 Å². The molecule has 7 heteroatoms. The van der Waals surface area contributed by atoms with Gasteiger partial charge in [-0.3, -0.25) is 4.79 Å². The summed E-state index contributed by atoms with van der Waals surface area (Å²) in [6, 6.07) is 1.82. The number of amides is 1. The standard InChI is InChI=1S/C15H18N4O2S/c1-10-17-12(9-22-10)7-14(20)19-6-2-3-11(8-19)13-4-5-16-15(21)18-13/h4-5,9,11H,2-3,6-8H2,1H3,(H,16,18,21). The normalized spacial score (nSPS) is 18.4. The molecule has 2 aromatic heterocycles. The fourth-order valence-electron chi connectivity index (χ4n) is 2.83. The molecule has 22 heavy (non-hydrogen) atoms. The van der Waals surface area contributed by atoms with Crippen LogP contribution in [-0.2, 0) is 11.2 Å². The first-order valence-corrected chi connectivity index (χ1v) is 8.24. The summed E-state index contributed by atoms with van der Waals surface area (Å²) >= 11 is 1.56. The van der Waals surface area contributed by atoms with Gasteiger partial charge in [-0.2, -0.15) is 0 Å². The van der Waals surface area contributed by atoms with Crippen LogP contribution in [0.3, 0.4) is 0 Å². The lowest BCUT2D eigenvalue weighted by Gasteiger charge is -2.32. The molecular formula is C15H18N4O2S. The largest absolute Gasteiger partial charge is 0.345 e. The van der Waals surface area contributed by atoms with Crippen LogP contribution in [-0.4, -0.2) is 38.8 Å². The SMILES string of the molecule is Cc1nc(CC(=O)N2CCCC(c3ccnc(=O)[nH]3)C2)cs1. The average molecular weight is 318 g/mol. The minimum absolute atomic E-state index is 0.103. The van der Waals surface area contributed by atoms with Gasteiger partial charge in [0.1, 0.15) is 0 Å². The van der Waals surface area contributed by atoms with Crippen molar-refractivity contribution in [3.8, 4) is 0 Å². The first kappa shape index (κ1) is 14.9. The van der Waals surface area contributed by atoms with Gasteiger partial charge in [0.15, 0.2) is 0 Å². The second-order valence-electron chi connectivity index (χ2n) is 5.54. The molecular weight excluding hydrogens is 300 g/mol. The maximum atomic E-state index is 12.4. The molecule has 0 aromatic carbocycles. The number of carbonyl (C=O) groups is 1. The van der Waals surface area contributed by atoms with Gasteiger partial charge in [0.2, 0.25) is 5.91 Å². The molecule has 1 aliphatic heterocycles. The van der Waals surface area contributed by atoms with Crippen molar-refractivity contribution in [2.45, 2.75) is 32.1 Å². The lowest BCUT2D eigenvalue weighted by atomic mass is 9.94. The number of likely N-dealkylation sites (tertiary alicyclic amines) is 1. The first-order valence-electron chi connectivity index (χ1n) is 7.36. The topological polar surface area (TPSA) is 79.0 Å². The zero-order valence-corrected chi connectivity index (χ0v) is 13.2. The van der Waals surface area contributed by atoms with E-state index in [2.05, 4.69) is 15.0 Å². The third-order valence-corrected chi connectivity index (χ3v) is 4.73. The van der Waals surface area contributed by atoms with Gasteiger partial charge in [-0.25, -0.2) is 14.8 Å². The molecule has 0 saturated carbocycles. The van der Waals surface area contributed by atoms with Crippen molar-refractivity contribution in [2.24, 2.45) is 0 Å². The average Bonchev–Trinajstić information content (AvgIpc) is 2.92. The van der Waals surface area contributed by atoms with E-state index in [1.165, 1.54) is 6.20 Å². The Kier molecular flexibility index (Phi) is 4.33. The summed E-state index contributed by atoms with van der Waals surface area (Å²) in [5, 5.41) is 2.92. The molecule has 3 heterocycles. The highest BCUT2D eigenvalue weighted by atomic mass is 32.1. The Morgan fingerprint density at radius 2 is 2.41 bits per heavy atom. The van der Waals surface area contributed by atoms with Crippen LogP contribution in [0, 0.1) is 6.92 Å². The van der Waals surface area contributed by atoms with E-state index in [4.69, 9.17) is 0 Å². The van der Waals surface area contributed by atoms with Gasteiger partial charge in [-0.05, 0) is 25.8 Å². The number of hydrogen-bond donors (Lipinski definition) is 1. The van der Waals surface area contributed by atoms with Crippen LogP contribution in [0.15, 0.2) is 22.4 Å². The number of nitrogens with one attached hydrogen (secondary N) is 1. The lowest BCUT2D eigenvalue weighted by molar-refractivity contribution is -0.131. The third kappa shape index (κ3) is 3.41. The summed E-state index contributed by atoms with van der Waals surface area (Å²) in [7, 11) is 0. The number of H-pyrrole nitrogens is 1. The first-order chi connectivity index (χ1) is 10.6. The predicted molar refractivity (Wildman–Crippen MR) is 84.0 cm³/mol. The molecule has 6 nitrogen and oxygen atoms in total. The van der Waals surface area contributed by atoms with Crippen LogP contribution in [0.25, 0.3) is 0 Å². The van der Waals surface area contributed by atoms with Gasteiger partial charge in [0.25, 0.3) is 0 Å². The fourth-order valence-corrected chi connectivity index (χ4v) is 3.45. The van der Waals surface area contributed by atoms with Gasteiger partial charge in [-0.1, -0.05) is 0 Å². The van der Waals surface area contributed by atoms with Gasteiger partial charge in [-0.15, -0.1) is 11.3 Å². The Labute approximate surface area is 132 Å². The Balaban J connectivity index is 1.67. The van der Waals surface area contributed by atoms with Crippen molar-refractivity contribution >= 4 is 17.2 Å². The number of aryl methyl sites for hydroxylation is 1. The number of rotatable bonds is 3. The highest BCUT2D eigenvalue weighted by Crippen LogP contribution is 2.25. The summed E-state index contributed by atoms with van der Waals surface area (Å²) in [4.78, 5) is 36.4. The van der Waals surface area contributed by atoms with Crippen LogP contribution < -0.4 is 5.69 Å². The zero-order chi connectivity index (χ0) is 15.5. The molecule has 1 N–H and O–H groups in total. The van der Waals surface area contributed by atoms with Crippen LogP contribution in [0.2, 0.25) is 0 Å². The Morgan fingerprint density at radius 3 is 3.14 bits per heavy atom. The van der Waals surface area contributed by atoms with Crippen LogP contribution >= 0.6 is 11.3 Å². The van der Waals surface area contributed by atoms with Crippen molar-refractivity contribution < 1.29 is 4.79 Å². The molecule has 0 radical (unpaired) electrons. The van der Waals surface area contributed by atoms with E-state index < -0.39 is 0 Å². The van der Waals surface area contributed by atoms with Crippen LogP contribution in [0.4, 0.5) is 0 Å².